The largest absolute Gasteiger partial charge is 0.427 e. The van der Waals surface area contributed by atoms with E-state index in [2.05, 4.69) is 20.2 Å². The van der Waals surface area contributed by atoms with E-state index in [9.17, 15) is 9.59 Å². The van der Waals surface area contributed by atoms with Crippen molar-refractivity contribution in [1.82, 2.24) is 20.2 Å². The molecule has 0 spiro atoms. The van der Waals surface area contributed by atoms with Gasteiger partial charge in [0.25, 0.3) is 5.91 Å². The zero-order valence-corrected chi connectivity index (χ0v) is 17.9. The Morgan fingerprint density at radius 2 is 1.93 bits per heavy atom. The number of piperidine rings is 1. The van der Waals surface area contributed by atoms with E-state index in [4.69, 9.17) is 4.42 Å². The van der Waals surface area contributed by atoms with Crippen molar-refractivity contribution in [1.29, 1.82) is 0 Å². The fraction of sp³-hybridized carbons (Fsp3) is 0.545. The average molecular weight is 412 g/mol. The Kier molecular flexibility index (Phi) is 5.85. The molecule has 2 aromatic heterocycles. The zero-order valence-electron chi connectivity index (χ0n) is 17.9. The SMILES string of the molecule is Cc1cc(C2CCCNC2)oc(=O)c1C(=O)N1CCN(c2ncnc(C)c2C)CC1. The molecule has 0 aliphatic carbocycles. The van der Waals surface area contributed by atoms with Crippen LogP contribution in [0.2, 0.25) is 0 Å². The third-order valence-electron chi connectivity index (χ3n) is 6.26. The molecule has 160 valence electrons. The van der Waals surface area contributed by atoms with E-state index < -0.39 is 5.63 Å². The van der Waals surface area contributed by atoms with Crippen molar-refractivity contribution >= 4 is 11.7 Å². The molecule has 8 nitrogen and oxygen atoms in total. The Bertz CT molecular complexity index is 989. The molecule has 0 aromatic carbocycles. The van der Waals surface area contributed by atoms with Gasteiger partial charge in [-0.25, -0.2) is 14.8 Å². The lowest BCUT2D eigenvalue weighted by Crippen LogP contribution is -2.50. The molecule has 2 aliphatic heterocycles. The molecule has 2 aliphatic rings. The van der Waals surface area contributed by atoms with Crippen molar-refractivity contribution in [3.63, 3.8) is 0 Å². The number of nitrogens with zero attached hydrogens (tertiary/aromatic N) is 4. The molecule has 8 heteroatoms. The molecule has 1 unspecified atom stereocenters. The normalized spacial score (nSPS) is 19.8. The summed E-state index contributed by atoms with van der Waals surface area (Å²) in [5.41, 5.74) is 2.35. The minimum atomic E-state index is -0.523. The van der Waals surface area contributed by atoms with Gasteiger partial charge in [-0.1, -0.05) is 0 Å². The van der Waals surface area contributed by atoms with Crippen LogP contribution in [0.15, 0.2) is 21.6 Å². The first kappa shape index (κ1) is 20.5. The minimum absolute atomic E-state index is 0.157. The van der Waals surface area contributed by atoms with Crippen LogP contribution in [0.1, 0.15) is 51.7 Å². The molecule has 2 aromatic rings. The van der Waals surface area contributed by atoms with Crippen molar-refractivity contribution in [2.24, 2.45) is 0 Å². The van der Waals surface area contributed by atoms with Gasteiger partial charge in [0.2, 0.25) is 0 Å². The highest BCUT2D eigenvalue weighted by atomic mass is 16.4. The smallest absolute Gasteiger partial charge is 0.349 e. The number of aryl methyl sites for hydroxylation is 2. The lowest BCUT2D eigenvalue weighted by molar-refractivity contribution is 0.0740. The van der Waals surface area contributed by atoms with E-state index in [0.29, 0.717) is 37.5 Å². The molecule has 4 heterocycles. The summed E-state index contributed by atoms with van der Waals surface area (Å²) in [4.78, 5) is 38.3. The highest BCUT2D eigenvalue weighted by Crippen LogP contribution is 2.24. The number of hydrogen-bond acceptors (Lipinski definition) is 7. The molecule has 1 N–H and O–H groups in total. The predicted molar refractivity (Wildman–Crippen MR) is 114 cm³/mol. The van der Waals surface area contributed by atoms with Crippen LogP contribution in [0.5, 0.6) is 0 Å². The van der Waals surface area contributed by atoms with Crippen LogP contribution >= 0.6 is 0 Å². The van der Waals surface area contributed by atoms with E-state index in [0.717, 1.165) is 43.0 Å². The first-order valence-electron chi connectivity index (χ1n) is 10.6. The van der Waals surface area contributed by atoms with E-state index in [-0.39, 0.29) is 17.4 Å². The van der Waals surface area contributed by atoms with Gasteiger partial charge in [0.1, 0.15) is 23.5 Å². The van der Waals surface area contributed by atoms with Gasteiger partial charge in [0, 0.05) is 49.9 Å². The van der Waals surface area contributed by atoms with E-state index in [1.165, 1.54) is 0 Å². The van der Waals surface area contributed by atoms with E-state index in [1.807, 2.05) is 26.8 Å². The lowest BCUT2D eigenvalue weighted by atomic mass is 9.95. The van der Waals surface area contributed by atoms with Crippen molar-refractivity contribution < 1.29 is 9.21 Å². The standard InChI is InChI=1S/C22H29N5O3/c1-14-11-18(17-5-4-6-23-12-17)30-22(29)19(14)21(28)27-9-7-26(8-10-27)20-15(2)16(3)24-13-25-20/h11,13,17,23H,4-10,12H2,1-3H3. The number of amides is 1. The topological polar surface area (TPSA) is 91.6 Å². The summed E-state index contributed by atoms with van der Waals surface area (Å²) in [6.07, 6.45) is 3.63. The predicted octanol–water partition coefficient (Wildman–Crippen LogP) is 1.78. The zero-order chi connectivity index (χ0) is 21.3. The van der Waals surface area contributed by atoms with Crippen molar-refractivity contribution in [2.75, 3.05) is 44.2 Å². The van der Waals surface area contributed by atoms with Gasteiger partial charge in [0.15, 0.2) is 0 Å². The molecule has 2 saturated heterocycles. The van der Waals surface area contributed by atoms with Gasteiger partial charge in [0.05, 0.1) is 0 Å². The van der Waals surface area contributed by atoms with Crippen LogP contribution in [0, 0.1) is 20.8 Å². The Morgan fingerprint density at radius 3 is 2.60 bits per heavy atom. The fourth-order valence-corrected chi connectivity index (χ4v) is 4.31. The van der Waals surface area contributed by atoms with Gasteiger partial charge in [-0.2, -0.15) is 0 Å². The number of aromatic nitrogens is 2. The summed E-state index contributed by atoms with van der Waals surface area (Å²) < 4.78 is 5.59. The molecule has 1 amide bonds. The van der Waals surface area contributed by atoms with Crippen molar-refractivity contribution in [3.8, 4) is 0 Å². The van der Waals surface area contributed by atoms with Gasteiger partial charge >= 0.3 is 5.63 Å². The first-order valence-corrected chi connectivity index (χ1v) is 10.6. The Hall–Kier alpha value is -2.74. The van der Waals surface area contributed by atoms with E-state index >= 15 is 0 Å². The molecular formula is C22H29N5O3. The number of rotatable bonds is 3. The van der Waals surface area contributed by atoms with Gasteiger partial charge < -0.3 is 19.5 Å². The molecule has 30 heavy (non-hydrogen) atoms. The summed E-state index contributed by atoms with van der Waals surface area (Å²) in [5, 5.41) is 3.34. The quantitative estimate of drug-likeness (QED) is 0.823. The summed E-state index contributed by atoms with van der Waals surface area (Å²) in [5.74, 6) is 1.54. The van der Waals surface area contributed by atoms with Crippen LogP contribution in [-0.4, -0.2) is 60.0 Å². The Morgan fingerprint density at radius 1 is 1.17 bits per heavy atom. The highest BCUT2D eigenvalue weighted by molar-refractivity contribution is 5.95. The lowest BCUT2D eigenvalue weighted by Gasteiger charge is -2.36. The summed E-state index contributed by atoms with van der Waals surface area (Å²) in [6, 6.07) is 1.87. The third kappa shape index (κ3) is 3.96. The second-order valence-corrected chi connectivity index (χ2v) is 8.22. The molecule has 0 radical (unpaired) electrons. The number of nitrogens with one attached hydrogen (secondary N) is 1. The molecule has 0 bridgehead atoms. The number of anilines is 1. The average Bonchev–Trinajstić information content (AvgIpc) is 2.76. The van der Waals surface area contributed by atoms with E-state index in [1.54, 1.807) is 11.2 Å². The van der Waals surface area contributed by atoms with Crippen LogP contribution in [0.25, 0.3) is 0 Å². The highest BCUT2D eigenvalue weighted by Gasteiger charge is 2.28. The molecule has 2 fully saturated rings. The van der Waals surface area contributed by atoms with Gasteiger partial charge in [-0.05, 0) is 51.8 Å². The number of carbonyl (C=O) groups excluding carboxylic acids is 1. The van der Waals surface area contributed by atoms with Crippen LogP contribution in [0.4, 0.5) is 5.82 Å². The van der Waals surface area contributed by atoms with Crippen LogP contribution in [-0.2, 0) is 0 Å². The minimum Gasteiger partial charge on any atom is -0.427 e. The number of carbonyl (C=O) groups is 1. The summed E-state index contributed by atoms with van der Waals surface area (Å²) in [7, 11) is 0. The summed E-state index contributed by atoms with van der Waals surface area (Å²) >= 11 is 0. The number of hydrogen-bond donors (Lipinski definition) is 1. The summed E-state index contributed by atoms with van der Waals surface area (Å²) in [6.45, 7) is 10.0. The maximum absolute atomic E-state index is 13.1. The Labute approximate surface area is 176 Å². The maximum Gasteiger partial charge on any atom is 0.349 e. The van der Waals surface area contributed by atoms with Crippen LogP contribution in [0.3, 0.4) is 0 Å². The maximum atomic E-state index is 13.1. The molecular weight excluding hydrogens is 382 g/mol. The third-order valence-corrected chi connectivity index (χ3v) is 6.26. The van der Waals surface area contributed by atoms with Gasteiger partial charge in [-0.15, -0.1) is 0 Å². The second kappa shape index (κ2) is 8.55. The van der Waals surface area contributed by atoms with Crippen molar-refractivity contribution in [3.05, 3.63) is 51.0 Å². The Balaban J connectivity index is 1.48. The second-order valence-electron chi connectivity index (χ2n) is 8.22. The molecule has 4 rings (SSSR count). The van der Waals surface area contributed by atoms with Crippen LogP contribution < -0.4 is 15.8 Å². The van der Waals surface area contributed by atoms with Gasteiger partial charge in [-0.3, -0.25) is 4.79 Å². The first-order chi connectivity index (χ1) is 14.5. The number of piperazine rings is 1. The fourth-order valence-electron chi connectivity index (χ4n) is 4.31. The molecule has 1 atom stereocenters. The molecule has 0 saturated carbocycles. The van der Waals surface area contributed by atoms with Crippen molar-refractivity contribution in [2.45, 2.75) is 39.5 Å². The monoisotopic (exact) mass is 411 g/mol.